The van der Waals surface area contributed by atoms with Gasteiger partial charge in [-0.3, -0.25) is 14.2 Å². The van der Waals surface area contributed by atoms with Gasteiger partial charge in [-0.25, -0.2) is 8.42 Å². The molecule has 0 aliphatic carbocycles. The zero-order chi connectivity index (χ0) is 21.4. The van der Waals surface area contributed by atoms with Crippen molar-refractivity contribution in [3.63, 3.8) is 0 Å². The molecule has 0 radical (unpaired) electrons. The molecule has 31 heavy (non-hydrogen) atoms. The lowest BCUT2D eigenvalue weighted by Gasteiger charge is -2.32. The Morgan fingerprint density at radius 1 is 1.06 bits per heavy atom. The van der Waals surface area contributed by atoms with Crippen molar-refractivity contribution in [1.82, 2.24) is 15.1 Å². The number of aromatic amines is 1. The minimum Gasteiger partial charge on any atom is -0.338 e. The van der Waals surface area contributed by atoms with Crippen molar-refractivity contribution in [3.05, 3.63) is 77.6 Å². The molecule has 1 saturated heterocycles. The second kappa shape index (κ2) is 7.85. The van der Waals surface area contributed by atoms with Gasteiger partial charge >= 0.3 is 0 Å². The van der Waals surface area contributed by atoms with E-state index in [4.69, 9.17) is 0 Å². The average molecular weight is 437 g/mol. The van der Waals surface area contributed by atoms with E-state index in [1.165, 1.54) is 10.4 Å². The van der Waals surface area contributed by atoms with Crippen LogP contribution in [0.4, 0.5) is 5.69 Å². The van der Waals surface area contributed by atoms with Crippen molar-refractivity contribution in [2.45, 2.75) is 30.1 Å². The van der Waals surface area contributed by atoms with Crippen LogP contribution in [0, 0.1) is 0 Å². The fourth-order valence-corrected chi connectivity index (χ4v) is 6.12. The van der Waals surface area contributed by atoms with Gasteiger partial charge in [-0.15, -0.1) is 0 Å². The molecular weight excluding hydrogens is 412 g/mol. The monoisotopic (exact) mass is 436 g/mol. The zero-order valence-corrected chi connectivity index (χ0v) is 17.9. The first-order valence-electron chi connectivity index (χ1n) is 10.5. The number of fused-ring (bicyclic) bond motifs is 1. The quantitative estimate of drug-likeness (QED) is 0.681. The highest BCUT2D eigenvalue weighted by Gasteiger charge is 2.32. The van der Waals surface area contributed by atoms with Gasteiger partial charge in [0.1, 0.15) is 0 Å². The number of carbonyl (C=O) groups is 1. The number of hydrogen-bond acceptors (Lipinski definition) is 4. The van der Waals surface area contributed by atoms with Crippen LogP contribution >= 0.6 is 0 Å². The van der Waals surface area contributed by atoms with Gasteiger partial charge in [-0.05, 0) is 55.2 Å². The molecule has 160 valence electrons. The van der Waals surface area contributed by atoms with Crippen LogP contribution in [0.5, 0.6) is 0 Å². The number of para-hydroxylation sites is 1. The maximum atomic E-state index is 13.3. The molecular formula is C23H24N4O3S. The maximum absolute atomic E-state index is 13.3. The molecule has 3 heterocycles. The number of anilines is 1. The lowest BCUT2D eigenvalue weighted by molar-refractivity contribution is 0.0705. The van der Waals surface area contributed by atoms with E-state index in [1.807, 2.05) is 35.2 Å². The smallest absolute Gasteiger partial charge is 0.264 e. The number of amides is 1. The average Bonchev–Trinajstić information content (AvgIpc) is 3.49. The highest BCUT2D eigenvalue weighted by Crippen LogP contribution is 2.33. The third-order valence-corrected chi connectivity index (χ3v) is 7.99. The molecule has 5 rings (SSSR count). The van der Waals surface area contributed by atoms with Crippen LogP contribution in [-0.4, -0.2) is 49.1 Å². The fourth-order valence-electron chi connectivity index (χ4n) is 4.57. The van der Waals surface area contributed by atoms with Gasteiger partial charge in [0.2, 0.25) is 0 Å². The van der Waals surface area contributed by atoms with Gasteiger partial charge < -0.3 is 4.90 Å². The largest absolute Gasteiger partial charge is 0.338 e. The van der Waals surface area contributed by atoms with Gasteiger partial charge in [0.25, 0.3) is 15.9 Å². The molecule has 0 bridgehead atoms. The van der Waals surface area contributed by atoms with E-state index >= 15 is 0 Å². The number of sulfonamides is 1. The summed E-state index contributed by atoms with van der Waals surface area (Å²) in [5, 5.41) is 7.02. The summed E-state index contributed by atoms with van der Waals surface area (Å²) in [7, 11) is -3.74. The van der Waals surface area contributed by atoms with Gasteiger partial charge in [0.15, 0.2) is 0 Å². The molecule has 7 nitrogen and oxygen atoms in total. The first-order valence-corrected chi connectivity index (χ1v) is 12.0. The van der Waals surface area contributed by atoms with Crippen LogP contribution in [-0.2, 0) is 16.4 Å². The SMILES string of the molecule is O=C(c1cccc(S(=O)(=O)N2CCc3ccccc32)c1)N1CCCC(c2ccn[nH]2)C1. The summed E-state index contributed by atoms with van der Waals surface area (Å²) < 4.78 is 28.1. The normalized spacial score (nSPS) is 18.8. The summed E-state index contributed by atoms with van der Waals surface area (Å²) >= 11 is 0. The Morgan fingerprint density at radius 2 is 1.94 bits per heavy atom. The van der Waals surface area contributed by atoms with Crippen molar-refractivity contribution in [2.75, 3.05) is 23.9 Å². The minimum atomic E-state index is -3.74. The number of rotatable bonds is 4. The predicted molar refractivity (Wildman–Crippen MR) is 118 cm³/mol. The third kappa shape index (κ3) is 3.61. The van der Waals surface area contributed by atoms with Crippen LogP contribution in [0.3, 0.4) is 0 Å². The summed E-state index contributed by atoms with van der Waals surface area (Å²) in [6.07, 6.45) is 4.31. The Kier molecular flexibility index (Phi) is 5.02. The molecule has 0 saturated carbocycles. The Hall–Kier alpha value is -3.13. The predicted octanol–water partition coefficient (Wildman–Crippen LogP) is 3.18. The summed E-state index contributed by atoms with van der Waals surface area (Å²) in [6, 6.07) is 15.9. The molecule has 1 aromatic heterocycles. The van der Waals surface area contributed by atoms with Crippen LogP contribution in [0.15, 0.2) is 65.7 Å². The number of piperidine rings is 1. The summed E-state index contributed by atoms with van der Waals surface area (Å²) in [6.45, 7) is 1.68. The molecule has 1 fully saturated rings. The molecule has 1 amide bonds. The first kappa shape index (κ1) is 19.8. The number of nitrogens with one attached hydrogen (secondary N) is 1. The highest BCUT2D eigenvalue weighted by atomic mass is 32.2. The topological polar surface area (TPSA) is 86.4 Å². The van der Waals surface area contributed by atoms with Crippen LogP contribution < -0.4 is 4.31 Å². The van der Waals surface area contributed by atoms with Crippen molar-refractivity contribution in [1.29, 1.82) is 0 Å². The Balaban J connectivity index is 1.39. The second-order valence-electron chi connectivity index (χ2n) is 8.09. The van der Waals surface area contributed by atoms with E-state index in [0.29, 0.717) is 31.6 Å². The number of hydrogen-bond donors (Lipinski definition) is 1. The number of aromatic nitrogens is 2. The molecule has 2 aromatic carbocycles. The van der Waals surface area contributed by atoms with Crippen molar-refractivity contribution in [3.8, 4) is 0 Å². The van der Waals surface area contributed by atoms with Crippen molar-refractivity contribution < 1.29 is 13.2 Å². The summed E-state index contributed by atoms with van der Waals surface area (Å²) in [4.78, 5) is 15.2. The fraction of sp³-hybridized carbons (Fsp3) is 0.304. The minimum absolute atomic E-state index is 0.136. The van der Waals surface area contributed by atoms with E-state index in [0.717, 1.165) is 29.8 Å². The Morgan fingerprint density at radius 3 is 2.77 bits per heavy atom. The highest BCUT2D eigenvalue weighted by molar-refractivity contribution is 7.92. The van der Waals surface area contributed by atoms with Gasteiger partial charge in [-0.2, -0.15) is 5.10 Å². The Bertz CT molecular complexity index is 1210. The zero-order valence-electron chi connectivity index (χ0n) is 17.1. The molecule has 0 spiro atoms. The first-order chi connectivity index (χ1) is 15.0. The van der Waals surface area contributed by atoms with E-state index in [2.05, 4.69) is 10.2 Å². The molecule has 2 aliphatic rings. The standard InChI is InChI=1S/C23H24N4O3S/c28-23(26-13-4-7-19(16-26)21-10-12-24-25-21)18-6-3-8-20(15-18)31(29,30)27-14-11-17-5-1-2-9-22(17)27/h1-3,5-6,8-10,12,15,19H,4,7,11,13-14,16H2,(H,24,25). The molecule has 3 aromatic rings. The summed E-state index contributed by atoms with van der Waals surface area (Å²) in [5.74, 6) is 0.0799. The maximum Gasteiger partial charge on any atom is 0.264 e. The van der Waals surface area contributed by atoms with Crippen LogP contribution in [0.2, 0.25) is 0 Å². The van der Waals surface area contributed by atoms with E-state index in [9.17, 15) is 13.2 Å². The lowest BCUT2D eigenvalue weighted by Crippen LogP contribution is -2.39. The molecule has 2 aliphatic heterocycles. The number of benzene rings is 2. The third-order valence-electron chi connectivity index (χ3n) is 6.18. The number of likely N-dealkylation sites (tertiary alicyclic amines) is 1. The summed E-state index contributed by atoms with van der Waals surface area (Å²) in [5.41, 5.74) is 3.18. The molecule has 1 atom stereocenters. The van der Waals surface area contributed by atoms with Gasteiger partial charge in [0, 0.05) is 43.0 Å². The van der Waals surface area contributed by atoms with Crippen molar-refractivity contribution in [2.24, 2.45) is 0 Å². The number of H-pyrrole nitrogens is 1. The molecule has 1 N–H and O–H groups in total. The van der Waals surface area contributed by atoms with Crippen LogP contribution in [0.25, 0.3) is 0 Å². The van der Waals surface area contributed by atoms with Crippen LogP contribution in [0.1, 0.15) is 40.4 Å². The molecule has 8 heteroatoms. The number of nitrogens with zero attached hydrogens (tertiary/aromatic N) is 3. The van der Waals surface area contributed by atoms with Gasteiger partial charge in [0.05, 0.1) is 10.6 Å². The van der Waals surface area contributed by atoms with Crippen molar-refractivity contribution >= 4 is 21.6 Å². The van der Waals surface area contributed by atoms with Gasteiger partial charge in [-0.1, -0.05) is 24.3 Å². The number of carbonyl (C=O) groups excluding carboxylic acids is 1. The lowest BCUT2D eigenvalue weighted by atomic mass is 9.94. The molecule has 1 unspecified atom stereocenters. The van der Waals surface area contributed by atoms with E-state index < -0.39 is 10.0 Å². The van der Waals surface area contributed by atoms with E-state index in [1.54, 1.807) is 24.4 Å². The Labute approximate surface area is 181 Å². The second-order valence-corrected chi connectivity index (χ2v) is 9.95. The van der Waals surface area contributed by atoms with E-state index in [-0.39, 0.29) is 16.7 Å².